The van der Waals surface area contributed by atoms with Crippen molar-refractivity contribution < 1.29 is 14.4 Å². The first kappa shape index (κ1) is 33.8. The number of carbonyl (C=O) groups excluding carboxylic acids is 3. The van der Waals surface area contributed by atoms with Gasteiger partial charge in [-0.2, -0.15) is 0 Å². The van der Waals surface area contributed by atoms with Crippen LogP contribution in [0, 0.1) is 19.8 Å². The zero-order valence-corrected chi connectivity index (χ0v) is 28.4. The molecule has 5 amide bonds. The third-order valence-corrected chi connectivity index (χ3v) is 10.3. The van der Waals surface area contributed by atoms with Crippen molar-refractivity contribution in [3.05, 3.63) is 64.7 Å². The largest absolute Gasteiger partial charge is 0.341 e. The van der Waals surface area contributed by atoms with Gasteiger partial charge < -0.3 is 30.2 Å². The van der Waals surface area contributed by atoms with Gasteiger partial charge in [-0.05, 0) is 107 Å². The SMILES string of the molecule is CN1CCCCC1.Cc1ccc(CC(NC(=O)N2CCC(N3Cc4ccccc4NC3=O)CC2)C(=O)N2CCC(C)CC2)cc1C. The average molecular weight is 631 g/mol. The number of carbonyl (C=O) groups is 3. The van der Waals surface area contributed by atoms with Crippen molar-refractivity contribution in [1.29, 1.82) is 0 Å². The van der Waals surface area contributed by atoms with Crippen LogP contribution >= 0.6 is 0 Å². The average Bonchev–Trinajstić information content (AvgIpc) is 3.06. The van der Waals surface area contributed by atoms with Crippen molar-refractivity contribution in [3.8, 4) is 0 Å². The number of aryl methyl sites for hydroxylation is 2. The fourth-order valence-electron chi connectivity index (χ4n) is 7.01. The van der Waals surface area contributed by atoms with Gasteiger partial charge in [0, 0.05) is 50.9 Å². The van der Waals surface area contributed by atoms with Crippen molar-refractivity contribution >= 4 is 23.7 Å². The van der Waals surface area contributed by atoms with Gasteiger partial charge in [0.2, 0.25) is 5.91 Å². The van der Waals surface area contributed by atoms with Crippen molar-refractivity contribution in [2.24, 2.45) is 5.92 Å². The lowest BCUT2D eigenvalue weighted by Crippen LogP contribution is -2.57. The van der Waals surface area contributed by atoms with E-state index < -0.39 is 6.04 Å². The number of nitrogens with one attached hydrogen (secondary N) is 2. The topological polar surface area (TPSA) is 88.2 Å². The van der Waals surface area contributed by atoms with E-state index in [1.165, 1.54) is 43.5 Å². The molecule has 0 saturated carbocycles. The fourth-order valence-corrected chi connectivity index (χ4v) is 7.01. The van der Waals surface area contributed by atoms with Gasteiger partial charge in [-0.1, -0.05) is 49.7 Å². The van der Waals surface area contributed by atoms with Crippen LogP contribution in [0.4, 0.5) is 15.3 Å². The standard InChI is InChI=1S/C31H41N5O3.C6H13N/c1-21-10-14-34(15-11-21)29(37)28(19-24-9-8-22(2)23(3)18-24)33-30(38)35-16-12-26(13-17-35)36-20-25-6-4-5-7-27(25)32-31(36)39;1-7-5-3-2-4-6-7/h4-9,18,21,26,28H,10-17,19-20H2,1-3H3,(H,32,39)(H,33,38);2-6H2,1H3. The number of amides is 5. The second kappa shape index (κ2) is 15.8. The number of para-hydroxylation sites is 1. The highest BCUT2D eigenvalue weighted by Crippen LogP contribution is 2.28. The summed E-state index contributed by atoms with van der Waals surface area (Å²) in [6.45, 7) is 12.2. The zero-order valence-electron chi connectivity index (χ0n) is 28.4. The number of nitrogens with zero attached hydrogens (tertiary/aromatic N) is 4. The second-order valence-electron chi connectivity index (χ2n) is 13.9. The predicted octanol–water partition coefficient (Wildman–Crippen LogP) is 5.80. The van der Waals surface area contributed by atoms with E-state index in [9.17, 15) is 14.4 Å². The van der Waals surface area contributed by atoms with Crippen LogP contribution in [0.25, 0.3) is 0 Å². The van der Waals surface area contributed by atoms with E-state index in [-0.39, 0.29) is 24.0 Å². The Morgan fingerprint density at radius 3 is 2.20 bits per heavy atom. The number of fused-ring (bicyclic) bond motifs is 1. The highest BCUT2D eigenvalue weighted by Gasteiger charge is 2.34. The van der Waals surface area contributed by atoms with Gasteiger partial charge in [-0.25, -0.2) is 9.59 Å². The van der Waals surface area contributed by atoms with E-state index in [2.05, 4.69) is 61.6 Å². The summed E-state index contributed by atoms with van der Waals surface area (Å²) in [4.78, 5) is 47.8. The number of hydrogen-bond donors (Lipinski definition) is 2. The molecule has 9 nitrogen and oxygen atoms in total. The molecule has 1 unspecified atom stereocenters. The van der Waals surface area contributed by atoms with Gasteiger partial charge in [0.25, 0.3) is 0 Å². The number of likely N-dealkylation sites (tertiary alicyclic amines) is 3. The Labute approximate surface area is 275 Å². The maximum absolute atomic E-state index is 13.6. The predicted molar refractivity (Wildman–Crippen MR) is 184 cm³/mol. The van der Waals surface area contributed by atoms with Gasteiger partial charge in [0.1, 0.15) is 6.04 Å². The van der Waals surface area contributed by atoms with Crippen molar-refractivity contribution in [3.63, 3.8) is 0 Å². The summed E-state index contributed by atoms with van der Waals surface area (Å²) in [5.41, 5.74) is 5.43. The summed E-state index contributed by atoms with van der Waals surface area (Å²) < 4.78 is 0. The van der Waals surface area contributed by atoms with E-state index in [0.29, 0.717) is 44.8 Å². The Morgan fingerprint density at radius 1 is 0.870 bits per heavy atom. The van der Waals surface area contributed by atoms with Crippen molar-refractivity contribution in [1.82, 2.24) is 24.9 Å². The number of benzene rings is 2. The molecule has 0 spiro atoms. The van der Waals surface area contributed by atoms with E-state index in [0.717, 1.165) is 42.7 Å². The third-order valence-electron chi connectivity index (χ3n) is 10.3. The minimum atomic E-state index is -0.602. The summed E-state index contributed by atoms with van der Waals surface area (Å²) in [5.74, 6) is 0.630. The van der Waals surface area contributed by atoms with Crippen LogP contribution in [-0.4, -0.2) is 96.0 Å². The molecule has 250 valence electrons. The van der Waals surface area contributed by atoms with Crippen LogP contribution in [0.2, 0.25) is 0 Å². The molecule has 2 aromatic carbocycles. The van der Waals surface area contributed by atoms with Gasteiger partial charge in [-0.15, -0.1) is 0 Å². The van der Waals surface area contributed by atoms with Crippen LogP contribution in [0.3, 0.4) is 0 Å². The maximum atomic E-state index is 13.6. The Bertz CT molecular complexity index is 1340. The minimum absolute atomic E-state index is 0.00650. The molecule has 2 N–H and O–H groups in total. The molecule has 3 fully saturated rings. The number of rotatable bonds is 5. The summed E-state index contributed by atoms with van der Waals surface area (Å²) in [6, 6.07) is 13.3. The van der Waals surface area contributed by atoms with E-state index in [4.69, 9.17) is 0 Å². The summed E-state index contributed by atoms with van der Waals surface area (Å²) >= 11 is 0. The molecular formula is C37H54N6O3. The number of anilines is 1. The first-order valence-electron chi connectivity index (χ1n) is 17.4. The molecule has 0 radical (unpaired) electrons. The second-order valence-corrected chi connectivity index (χ2v) is 13.9. The summed E-state index contributed by atoms with van der Waals surface area (Å²) in [6.07, 6.45) is 8.17. The van der Waals surface area contributed by atoms with Gasteiger partial charge >= 0.3 is 12.1 Å². The molecule has 1 atom stereocenters. The molecule has 46 heavy (non-hydrogen) atoms. The molecule has 0 aromatic heterocycles. The lowest BCUT2D eigenvalue weighted by molar-refractivity contribution is -0.134. The monoisotopic (exact) mass is 630 g/mol. The first-order valence-corrected chi connectivity index (χ1v) is 17.4. The first-order chi connectivity index (χ1) is 22.2. The normalized spacial score (nSPS) is 20.3. The summed E-state index contributed by atoms with van der Waals surface area (Å²) in [5, 5.41) is 6.09. The van der Waals surface area contributed by atoms with Gasteiger partial charge in [0.15, 0.2) is 0 Å². The Morgan fingerprint density at radius 2 is 1.54 bits per heavy atom. The molecular weight excluding hydrogens is 576 g/mol. The highest BCUT2D eigenvalue weighted by atomic mass is 16.2. The summed E-state index contributed by atoms with van der Waals surface area (Å²) in [7, 11) is 2.19. The van der Waals surface area contributed by atoms with Crippen molar-refractivity contribution in [2.75, 3.05) is 51.6 Å². The molecule has 0 aliphatic carbocycles. The molecule has 4 heterocycles. The van der Waals surface area contributed by atoms with Crippen LogP contribution in [0.5, 0.6) is 0 Å². The van der Waals surface area contributed by atoms with E-state index in [1.54, 1.807) is 4.90 Å². The van der Waals surface area contributed by atoms with E-state index >= 15 is 0 Å². The highest BCUT2D eigenvalue weighted by molar-refractivity contribution is 5.92. The minimum Gasteiger partial charge on any atom is -0.341 e. The smallest absolute Gasteiger partial charge is 0.322 e. The lowest BCUT2D eigenvalue weighted by atomic mass is 9.96. The number of hydrogen-bond acceptors (Lipinski definition) is 4. The van der Waals surface area contributed by atoms with E-state index in [1.807, 2.05) is 34.1 Å². The molecule has 6 rings (SSSR count). The van der Waals surface area contributed by atoms with Crippen molar-refractivity contribution in [2.45, 2.75) is 90.8 Å². The zero-order chi connectivity index (χ0) is 32.6. The number of urea groups is 2. The molecule has 4 aliphatic heterocycles. The fraction of sp³-hybridized carbons (Fsp3) is 0.595. The lowest BCUT2D eigenvalue weighted by Gasteiger charge is -2.41. The molecule has 9 heteroatoms. The molecule has 2 aromatic rings. The maximum Gasteiger partial charge on any atom is 0.322 e. The Hall–Kier alpha value is -3.59. The van der Waals surface area contributed by atoms with Crippen LogP contribution in [0.15, 0.2) is 42.5 Å². The van der Waals surface area contributed by atoms with Gasteiger partial charge in [0.05, 0.1) is 0 Å². The van der Waals surface area contributed by atoms with Crippen LogP contribution in [-0.2, 0) is 17.8 Å². The van der Waals surface area contributed by atoms with Crippen LogP contribution < -0.4 is 10.6 Å². The third kappa shape index (κ3) is 8.81. The Balaban J connectivity index is 0.000000527. The molecule has 0 bridgehead atoms. The molecule has 4 aliphatic rings. The quantitative estimate of drug-likeness (QED) is 0.438. The number of piperidine rings is 3. The Kier molecular flexibility index (Phi) is 11.6. The van der Waals surface area contributed by atoms with Gasteiger partial charge in [-0.3, -0.25) is 4.79 Å². The van der Waals surface area contributed by atoms with Crippen LogP contribution in [0.1, 0.15) is 74.1 Å². The molecule has 3 saturated heterocycles.